The molecule has 7 rings (SSSR count). The topological polar surface area (TPSA) is 15.8 Å². The molecule has 0 saturated carbocycles. The number of aryl methyl sites for hydroxylation is 2. The molecule has 0 aliphatic heterocycles. The maximum absolute atomic E-state index is 3.80. The number of hydrogen-bond acceptors (Lipinski definition) is 2. The van der Waals surface area contributed by atoms with Crippen LogP contribution >= 0.6 is 22.7 Å². The van der Waals surface area contributed by atoms with Crippen molar-refractivity contribution in [2.75, 3.05) is 0 Å². The quantitative estimate of drug-likeness (QED) is 0.265. The molecule has 0 radical (unpaired) electrons. The van der Waals surface area contributed by atoms with Gasteiger partial charge in [0.15, 0.2) is 0 Å². The predicted octanol–water partition coefficient (Wildman–Crippen LogP) is 9.70. The van der Waals surface area contributed by atoms with Crippen LogP contribution in [-0.2, 0) is 0 Å². The van der Waals surface area contributed by atoms with Crippen molar-refractivity contribution < 1.29 is 0 Å². The molecule has 0 bridgehead atoms. The van der Waals surface area contributed by atoms with Crippen molar-refractivity contribution in [2.45, 2.75) is 13.8 Å². The molecule has 0 aliphatic carbocycles. The van der Waals surface area contributed by atoms with Gasteiger partial charge in [-0.2, -0.15) is 0 Å². The smallest absolute Gasteiger partial charge is 0.0544 e. The summed E-state index contributed by atoms with van der Waals surface area (Å²) >= 11 is 3.70. The minimum atomic E-state index is 1.22. The predicted molar refractivity (Wildman–Crippen MR) is 147 cm³/mol. The molecule has 4 aromatic carbocycles. The zero-order chi connectivity index (χ0) is 22.1. The number of aromatic nitrogens is 1. The summed E-state index contributed by atoms with van der Waals surface area (Å²) in [6, 6.07) is 31.6. The second-order valence-corrected chi connectivity index (χ2v) is 11.4. The summed E-state index contributed by atoms with van der Waals surface area (Å²) in [6.07, 6.45) is 0. The first-order valence-corrected chi connectivity index (χ1v) is 12.8. The van der Waals surface area contributed by atoms with Crippen LogP contribution in [0.4, 0.5) is 0 Å². The number of aromatic amines is 1. The molecule has 33 heavy (non-hydrogen) atoms. The van der Waals surface area contributed by atoms with Gasteiger partial charge >= 0.3 is 0 Å². The fraction of sp³-hybridized carbons (Fsp3) is 0.0667. The average Bonchev–Trinajstić information content (AvgIpc) is 3.56. The molecule has 0 fully saturated rings. The second-order valence-electron chi connectivity index (χ2n) is 8.79. The van der Waals surface area contributed by atoms with E-state index in [0.29, 0.717) is 0 Å². The number of nitrogens with one attached hydrogen (secondary N) is 1. The number of hydrogen-bond donors (Lipinski definition) is 1. The molecule has 0 aliphatic rings. The van der Waals surface area contributed by atoms with E-state index in [-0.39, 0.29) is 0 Å². The Kier molecular flexibility index (Phi) is 4.08. The first-order chi connectivity index (χ1) is 16.1. The van der Waals surface area contributed by atoms with Crippen molar-refractivity contribution >= 4 is 66.0 Å². The van der Waals surface area contributed by atoms with E-state index in [1.54, 1.807) is 0 Å². The zero-order valence-electron chi connectivity index (χ0n) is 18.4. The van der Waals surface area contributed by atoms with Gasteiger partial charge in [0.05, 0.1) is 11.0 Å². The first-order valence-electron chi connectivity index (χ1n) is 11.2. The van der Waals surface area contributed by atoms with Crippen molar-refractivity contribution in [1.29, 1.82) is 0 Å². The first kappa shape index (κ1) is 19.1. The van der Waals surface area contributed by atoms with Gasteiger partial charge in [-0.1, -0.05) is 48.5 Å². The molecule has 0 unspecified atom stereocenters. The number of thiophene rings is 2. The normalized spacial score (nSPS) is 11.9. The summed E-state index contributed by atoms with van der Waals surface area (Å²) in [5, 5.41) is 7.68. The van der Waals surface area contributed by atoms with Crippen molar-refractivity contribution in [3.05, 3.63) is 94.7 Å². The third-order valence-corrected chi connectivity index (χ3v) is 8.73. The van der Waals surface area contributed by atoms with Crippen LogP contribution < -0.4 is 0 Å². The number of benzene rings is 4. The lowest BCUT2D eigenvalue weighted by molar-refractivity contribution is 1.58. The van der Waals surface area contributed by atoms with Crippen LogP contribution in [0.3, 0.4) is 0 Å². The minimum absolute atomic E-state index is 1.22. The third-order valence-electron chi connectivity index (χ3n) is 6.63. The highest BCUT2D eigenvalue weighted by molar-refractivity contribution is 7.15. The highest BCUT2D eigenvalue weighted by Crippen LogP contribution is 2.38. The van der Waals surface area contributed by atoms with E-state index in [9.17, 15) is 0 Å². The van der Waals surface area contributed by atoms with Crippen LogP contribution in [-0.4, -0.2) is 4.98 Å². The summed E-state index contributed by atoms with van der Waals surface area (Å²) < 4.78 is 0. The maximum Gasteiger partial charge on any atom is 0.0544 e. The van der Waals surface area contributed by atoms with Gasteiger partial charge in [0.25, 0.3) is 0 Å². The molecule has 3 heterocycles. The highest BCUT2D eigenvalue weighted by Gasteiger charge is 2.12. The van der Waals surface area contributed by atoms with Gasteiger partial charge in [0, 0.05) is 41.1 Å². The molecular formula is C30H21NS2. The largest absolute Gasteiger partial charge is 0.353 e. The van der Waals surface area contributed by atoms with E-state index in [4.69, 9.17) is 0 Å². The monoisotopic (exact) mass is 459 g/mol. The molecule has 1 nitrogen and oxygen atoms in total. The van der Waals surface area contributed by atoms with Gasteiger partial charge in [-0.25, -0.2) is 0 Å². The zero-order valence-corrected chi connectivity index (χ0v) is 20.0. The Labute approximate surface area is 199 Å². The van der Waals surface area contributed by atoms with E-state index < -0.39 is 0 Å². The van der Waals surface area contributed by atoms with Gasteiger partial charge in [-0.15, -0.1) is 22.7 Å². The van der Waals surface area contributed by atoms with Gasteiger partial charge in [0.2, 0.25) is 0 Å². The Hall–Kier alpha value is -3.40. The minimum Gasteiger partial charge on any atom is -0.353 e. The molecule has 3 heteroatoms. The SMILES string of the molecule is Cc1ccc(-c2ccc3c(ccc4c5ccc6cc(-c7ccc(C)s7)ccc6c5[nH]c34)c2)s1. The molecule has 3 aromatic heterocycles. The van der Waals surface area contributed by atoms with E-state index in [2.05, 4.69) is 104 Å². The summed E-state index contributed by atoms with van der Waals surface area (Å²) in [4.78, 5) is 9.15. The number of rotatable bonds is 2. The van der Waals surface area contributed by atoms with Crippen LogP contribution in [0, 0.1) is 13.8 Å². The lowest BCUT2D eigenvalue weighted by atomic mass is 10.0. The van der Waals surface area contributed by atoms with Crippen LogP contribution in [0.15, 0.2) is 84.9 Å². The molecule has 0 saturated heterocycles. The fourth-order valence-corrected chi connectivity index (χ4v) is 6.72. The van der Waals surface area contributed by atoms with Crippen molar-refractivity contribution in [2.24, 2.45) is 0 Å². The van der Waals surface area contributed by atoms with Crippen molar-refractivity contribution in [1.82, 2.24) is 4.98 Å². The van der Waals surface area contributed by atoms with Gasteiger partial charge in [-0.3, -0.25) is 0 Å². The molecule has 158 valence electrons. The van der Waals surface area contributed by atoms with Crippen molar-refractivity contribution in [3.8, 4) is 20.9 Å². The van der Waals surface area contributed by atoms with Gasteiger partial charge in [0.1, 0.15) is 0 Å². The van der Waals surface area contributed by atoms with Crippen molar-refractivity contribution in [3.63, 3.8) is 0 Å². The Balaban J connectivity index is 1.43. The molecule has 0 spiro atoms. The van der Waals surface area contributed by atoms with E-state index in [1.165, 1.54) is 74.0 Å². The number of fused-ring (bicyclic) bond motifs is 7. The Morgan fingerprint density at radius 3 is 1.36 bits per heavy atom. The summed E-state index contributed by atoms with van der Waals surface area (Å²) in [7, 11) is 0. The molecule has 1 N–H and O–H groups in total. The molecule has 0 amide bonds. The standard InChI is InChI=1S/C30H21NS2/c1-17-3-13-27(32-17)21-7-9-23-19(15-21)5-11-25-26-12-6-20-16-22(28-14-4-18(2)33-28)8-10-24(20)30(26)31-29(23)25/h3-16,31H,1-2H3. The molecule has 0 atom stereocenters. The van der Waals surface area contributed by atoms with Crippen LogP contribution in [0.2, 0.25) is 0 Å². The lowest BCUT2D eigenvalue weighted by Gasteiger charge is -2.03. The molecular weight excluding hydrogens is 438 g/mol. The van der Waals surface area contributed by atoms with Crippen LogP contribution in [0.1, 0.15) is 9.75 Å². The Morgan fingerprint density at radius 2 is 0.939 bits per heavy atom. The van der Waals surface area contributed by atoms with E-state index >= 15 is 0 Å². The van der Waals surface area contributed by atoms with E-state index in [1.807, 2.05) is 22.7 Å². The Morgan fingerprint density at radius 1 is 0.485 bits per heavy atom. The van der Waals surface area contributed by atoms with Crippen LogP contribution in [0.25, 0.3) is 64.2 Å². The highest BCUT2D eigenvalue weighted by atomic mass is 32.1. The summed E-state index contributed by atoms with van der Waals surface area (Å²) in [5.74, 6) is 0. The summed E-state index contributed by atoms with van der Waals surface area (Å²) in [5.41, 5.74) is 5.03. The number of H-pyrrole nitrogens is 1. The second kappa shape index (κ2) is 7.05. The van der Waals surface area contributed by atoms with Gasteiger partial charge in [-0.05, 0) is 72.1 Å². The van der Waals surface area contributed by atoms with Crippen LogP contribution in [0.5, 0.6) is 0 Å². The molecule has 7 aromatic rings. The lowest BCUT2D eigenvalue weighted by Crippen LogP contribution is -1.78. The van der Waals surface area contributed by atoms with Gasteiger partial charge < -0.3 is 4.98 Å². The van der Waals surface area contributed by atoms with E-state index in [0.717, 1.165) is 0 Å². The fourth-order valence-electron chi connectivity index (χ4n) is 4.99. The Bertz CT molecular complexity index is 1710. The third kappa shape index (κ3) is 2.97. The maximum atomic E-state index is 3.80. The average molecular weight is 460 g/mol. The summed E-state index contributed by atoms with van der Waals surface area (Å²) in [6.45, 7) is 4.33.